The van der Waals surface area contributed by atoms with Crippen LogP contribution in [0.2, 0.25) is 0 Å². The number of aryl methyl sites for hydroxylation is 3. The molecular formula is C48H36N4O2. The molecule has 0 saturated carbocycles. The Hall–Kier alpha value is -7.05. The normalized spacial score (nSPS) is 12.0. The van der Waals surface area contributed by atoms with Gasteiger partial charge in [-0.1, -0.05) is 102 Å². The minimum atomic E-state index is -0.985. The molecule has 260 valence electrons. The van der Waals surface area contributed by atoms with E-state index < -0.39 is 5.97 Å². The number of hydrogen-bond acceptors (Lipinski definition) is 3. The number of H-pyrrole nitrogens is 2. The molecule has 0 spiro atoms. The van der Waals surface area contributed by atoms with Crippen molar-refractivity contribution in [1.29, 1.82) is 0 Å². The van der Waals surface area contributed by atoms with Crippen LogP contribution in [0.3, 0.4) is 0 Å². The Bertz CT molecular complexity index is 2810. The minimum absolute atomic E-state index is 0.206. The predicted octanol–water partition coefficient (Wildman–Crippen LogP) is 11.9. The molecule has 0 unspecified atom stereocenters. The molecule has 2 aliphatic heterocycles. The number of carboxylic acid groups (broad SMARTS) is 1. The summed E-state index contributed by atoms with van der Waals surface area (Å²) in [4.78, 5) is 30.4. The van der Waals surface area contributed by atoms with Crippen molar-refractivity contribution < 1.29 is 9.90 Å². The molecule has 6 nitrogen and oxygen atoms in total. The van der Waals surface area contributed by atoms with Gasteiger partial charge in [-0.05, 0) is 104 Å². The second kappa shape index (κ2) is 13.2. The first-order valence-corrected chi connectivity index (χ1v) is 18.0. The van der Waals surface area contributed by atoms with Crippen molar-refractivity contribution in [3.8, 4) is 44.5 Å². The third-order valence-corrected chi connectivity index (χ3v) is 10.2. The van der Waals surface area contributed by atoms with Gasteiger partial charge in [-0.3, -0.25) is 0 Å². The zero-order valence-electron chi connectivity index (χ0n) is 30.1. The standard InChI is InChI=1S/C48H36N4O2/c1-28-7-13-31(14-8-28)44-36-19-21-38(49-36)45(32-15-9-29(2)10-16-32)40-23-25-42(51-40)47(34-5-4-6-35(27-34)48(53)54)43-26-24-41(52-43)46(39-22-20-37(44)50-39)33-17-11-30(3)12-18-33/h4-27,49,52H,1-3H3,(H,53,54). The third kappa shape index (κ3) is 5.94. The Kier molecular flexibility index (Phi) is 8.01. The topological polar surface area (TPSA) is 94.7 Å². The average Bonchev–Trinajstić information content (AvgIpc) is 4.02. The van der Waals surface area contributed by atoms with E-state index in [1.54, 1.807) is 18.2 Å². The number of carboxylic acids is 1. The molecule has 9 rings (SSSR count). The summed E-state index contributed by atoms with van der Waals surface area (Å²) < 4.78 is 0. The smallest absolute Gasteiger partial charge is 0.335 e. The summed E-state index contributed by atoms with van der Waals surface area (Å²) in [6.07, 6.45) is 8.27. The van der Waals surface area contributed by atoms with Crippen LogP contribution in [-0.2, 0) is 0 Å². The number of aromatic carboxylic acids is 1. The summed E-state index contributed by atoms with van der Waals surface area (Å²) in [5.41, 5.74) is 18.1. The van der Waals surface area contributed by atoms with Gasteiger partial charge in [0.05, 0.1) is 28.3 Å². The molecule has 0 aliphatic carbocycles. The van der Waals surface area contributed by atoms with Crippen LogP contribution in [0.15, 0.2) is 121 Å². The first-order chi connectivity index (χ1) is 26.3. The van der Waals surface area contributed by atoms with Crippen molar-refractivity contribution in [2.45, 2.75) is 20.8 Å². The highest BCUT2D eigenvalue weighted by molar-refractivity contribution is 6.00. The molecule has 6 heteroatoms. The number of aromatic nitrogens is 4. The summed E-state index contributed by atoms with van der Waals surface area (Å²) in [7, 11) is 0. The van der Waals surface area contributed by atoms with Gasteiger partial charge < -0.3 is 15.1 Å². The van der Waals surface area contributed by atoms with E-state index in [2.05, 4.69) is 134 Å². The second-order valence-corrected chi connectivity index (χ2v) is 14.0. The number of aromatic amines is 2. The van der Waals surface area contributed by atoms with Crippen molar-refractivity contribution in [3.63, 3.8) is 0 Å². The van der Waals surface area contributed by atoms with E-state index in [0.29, 0.717) is 0 Å². The second-order valence-electron chi connectivity index (χ2n) is 14.0. The third-order valence-electron chi connectivity index (χ3n) is 10.2. The molecule has 0 atom stereocenters. The quantitative estimate of drug-likeness (QED) is 0.167. The summed E-state index contributed by atoms with van der Waals surface area (Å²) in [5, 5.41) is 9.97. The van der Waals surface area contributed by atoms with Crippen LogP contribution in [0.25, 0.3) is 90.9 Å². The fourth-order valence-electron chi connectivity index (χ4n) is 7.39. The molecule has 0 amide bonds. The lowest BCUT2D eigenvalue weighted by Gasteiger charge is -2.08. The number of fused-ring (bicyclic) bond motifs is 8. The zero-order chi connectivity index (χ0) is 36.9. The van der Waals surface area contributed by atoms with Crippen molar-refractivity contribution >= 4 is 52.3 Å². The van der Waals surface area contributed by atoms with E-state index in [1.165, 1.54) is 16.7 Å². The molecule has 3 N–H and O–H groups in total. The van der Waals surface area contributed by atoms with E-state index in [9.17, 15) is 9.90 Å². The highest BCUT2D eigenvalue weighted by atomic mass is 16.4. The van der Waals surface area contributed by atoms with E-state index in [1.807, 2.05) is 24.3 Å². The van der Waals surface area contributed by atoms with E-state index >= 15 is 0 Å². The molecule has 0 saturated heterocycles. The maximum Gasteiger partial charge on any atom is 0.335 e. The van der Waals surface area contributed by atoms with Gasteiger partial charge >= 0.3 is 5.97 Å². The first-order valence-electron chi connectivity index (χ1n) is 18.0. The van der Waals surface area contributed by atoms with Gasteiger partial charge in [0, 0.05) is 44.3 Å². The molecule has 0 radical (unpaired) electrons. The van der Waals surface area contributed by atoms with Gasteiger partial charge in [-0.25, -0.2) is 14.8 Å². The van der Waals surface area contributed by atoms with Gasteiger partial charge in [0.25, 0.3) is 0 Å². The molecule has 3 aromatic heterocycles. The molecule has 0 fully saturated rings. The Labute approximate surface area is 312 Å². The van der Waals surface area contributed by atoms with Gasteiger partial charge in [0.2, 0.25) is 0 Å². The lowest BCUT2D eigenvalue weighted by molar-refractivity contribution is 0.0697. The maximum atomic E-state index is 12.2. The Morgan fingerprint density at radius 3 is 1.11 bits per heavy atom. The maximum absolute atomic E-state index is 12.2. The molecule has 8 bridgehead atoms. The first kappa shape index (κ1) is 32.8. The summed E-state index contributed by atoms with van der Waals surface area (Å²) in [5.74, 6) is -0.985. The van der Waals surface area contributed by atoms with Crippen molar-refractivity contribution in [2.75, 3.05) is 0 Å². The number of nitrogens with zero attached hydrogens (tertiary/aromatic N) is 2. The molecular weight excluding hydrogens is 665 g/mol. The lowest BCUT2D eigenvalue weighted by atomic mass is 10.0. The van der Waals surface area contributed by atoms with Gasteiger partial charge in [0.1, 0.15) is 0 Å². The van der Waals surface area contributed by atoms with Crippen molar-refractivity contribution in [1.82, 2.24) is 19.9 Å². The van der Waals surface area contributed by atoms with E-state index in [4.69, 9.17) is 9.97 Å². The number of nitrogens with one attached hydrogen (secondary N) is 2. The molecule has 5 heterocycles. The van der Waals surface area contributed by atoms with Crippen LogP contribution >= 0.6 is 0 Å². The zero-order valence-corrected chi connectivity index (χ0v) is 30.1. The fourth-order valence-corrected chi connectivity index (χ4v) is 7.39. The van der Waals surface area contributed by atoms with Gasteiger partial charge in [-0.15, -0.1) is 0 Å². The number of hydrogen-bond donors (Lipinski definition) is 3. The summed E-state index contributed by atoms with van der Waals surface area (Å²) in [6, 6.07) is 41.0. The van der Waals surface area contributed by atoms with Crippen molar-refractivity contribution in [2.24, 2.45) is 0 Å². The summed E-state index contributed by atoms with van der Waals surface area (Å²) in [6.45, 7) is 6.27. The van der Waals surface area contributed by atoms with Gasteiger partial charge in [0.15, 0.2) is 0 Å². The largest absolute Gasteiger partial charge is 0.478 e. The van der Waals surface area contributed by atoms with Crippen LogP contribution in [0.5, 0.6) is 0 Å². The number of benzene rings is 4. The monoisotopic (exact) mass is 700 g/mol. The molecule has 2 aliphatic rings. The highest BCUT2D eigenvalue weighted by Gasteiger charge is 2.19. The number of carbonyl (C=O) groups is 1. The SMILES string of the molecule is Cc1ccc(-c2c3nc(c(-c4ccc(C)cc4)c4ccc([nH]4)c(-c4cccc(C(=O)O)c4)c4nc(c(-c5ccc(C)cc5)c5ccc2[nH]5)C=C4)C=C3)cc1. The average molecular weight is 701 g/mol. The van der Waals surface area contributed by atoms with E-state index in [0.717, 1.165) is 89.4 Å². The molecule has 4 aromatic carbocycles. The predicted molar refractivity (Wildman–Crippen MR) is 222 cm³/mol. The van der Waals surface area contributed by atoms with Gasteiger partial charge in [-0.2, -0.15) is 0 Å². The lowest BCUT2D eigenvalue weighted by Crippen LogP contribution is -1.96. The Morgan fingerprint density at radius 1 is 0.444 bits per heavy atom. The minimum Gasteiger partial charge on any atom is -0.478 e. The summed E-state index contributed by atoms with van der Waals surface area (Å²) >= 11 is 0. The van der Waals surface area contributed by atoms with Crippen LogP contribution in [0, 0.1) is 20.8 Å². The number of rotatable bonds is 5. The fraction of sp³-hybridized carbons (Fsp3) is 0.0625. The van der Waals surface area contributed by atoms with Crippen LogP contribution in [0.1, 0.15) is 49.8 Å². The molecule has 7 aromatic rings. The highest BCUT2D eigenvalue weighted by Crippen LogP contribution is 2.38. The molecule has 54 heavy (non-hydrogen) atoms. The van der Waals surface area contributed by atoms with Crippen molar-refractivity contribution in [3.05, 3.63) is 166 Å². The van der Waals surface area contributed by atoms with E-state index in [-0.39, 0.29) is 5.56 Å². The van der Waals surface area contributed by atoms with Crippen LogP contribution in [-0.4, -0.2) is 31.0 Å². The Morgan fingerprint density at radius 2 is 0.778 bits per heavy atom. The van der Waals surface area contributed by atoms with Crippen LogP contribution < -0.4 is 0 Å². The van der Waals surface area contributed by atoms with Crippen LogP contribution in [0.4, 0.5) is 0 Å². The Balaban J connectivity index is 1.47.